The first kappa shape index (κ1) is 20.8. The summed E-state index contributed by atoms with van der Waals surface area (Å²) in [5, 5.41) is 11.7. The van der Waals surface area contributed by atoms with Crippen LogP contribution >= 0.6 is 0 Å². The minimum absolute atomic E-state index is 0.190. The quantitative estimate of drug-likeness (QED) is 0.744. The summed E-state index contributed by atoms with van der Waals surface area (Å²) in [6.45, 7) is 3.42. The van der Waals surface area contributed by atoms with Crippen molar-refractivity contribution in [1.29, 1.82) is 0 Å². The monoisotopic (exact) mass is 379 g/mol. The number of carboxylic acids is 1. The van der Waals surface area contributed by atoms with Crippen LogP contribution in [0.5, 0.6) is 0 Å². The summed E-state index contributed by atoms with van der Waals surface area (Å²) >= 11 is 0. The number of halogens is 3. The van der Waals surface area contributed by atoms with Crippen LogP contribution in [0.25, 0.3) is 0 Å². The molecule has 1 unspecified atom stereocenters. The van der Waals surface area contributed by atoms with Gasteiger partial charge in [0, 0.05) is 25.7 Å². The lowest BCUT2D eigenvalue weighted by molar-refractivity contribution is -0.187. The standard InChI is InChI=1S/C17H28F3N3O3/c1-2-3-7-22-8-5-4-6-12(22)9-21-16(26)23-10-13(15(24)25)14(11-23)17(18,19)20/h12-14H,2-11H2,1H3,(H,21,26)(H,24,25)/t12?,13-,14-/m1/s1. The number of aliphatic carboxylic acids is 1. The number of carbonyl (C=O) groups excluding carboxylic acids is 1. The molecule has 2 fully saturated rings. The highest BCUT2D eigenvalue weighted by Gasteiger charge is 2.53. The van der Waals surface area contributed by atoms with Crippen LogP contribution in [-0.2, 0) is 4.79 Å². The normalized spacial score (nSPS) is 27.5. The molecule has 0 bridgehead atoms. The zero-order valence-corrected chi connectivity index (χ0v) is 15.1. The lowest BCUT2D eigenvalue weighted by atomic mass is 9.96. The van der Waals surface area contributed by atoms with Crippen molar-refractivity contribution in [2.24, 2.45) is 11.8 Å². The molecule has 0 aromatic rings. The Morgan fingerprint density at radius 2 is 1.96 bits per heavy atom. The van der Waals surface area contributed by atoms with Crippen LogP contribution in [0.1, 0.15) is 39.0 Å². The highest BCUT2D eigenvalue weighted by molar-refractivity contribution is 5.77. The molecule has 2 saturated heterocycles. The van der Waals surface area contributed by atoms with Gasteiger partial charge in [0.25, 0.3) is 0 Å². The molecule has 0 aromatic carbocycles. The van der Waals surface area contributed by atoms with Gasteiger partial charge in [0.15, 0.2) is 0 Å². The highest BCUT2D eigenvalue weighted by Crippen LogP contribution is 2.37. The topological polar surface area (TPSA) is 72.9 Å². The number of likely N-dealkylation sites (tertiary alicyclic amines) is 2. The van der Waals surface area contributed by atoms with Crippen molar-refractivity contribution in [3.63, 3.8) is 0 Å². The van der Waals surface area contributed by atoms with Crippen LogP contribution in [-0.4, -0.2) is 71.8 Å². The Balaban J connectivity index is 1.90. The van der Waals surface area contributed by atoms with Gasteiger partial charge in [0.2, 0.25) is 0 Å². The maximum atomic E-state index is 13.0. The SMILES string of the molecule is CCCCN1CCCCC1CNC(=O)N1C[C@@H](C(F)(F)F)[C@H](C(=O)O)C1. The third kappa shape index (κ3) is 5.25. The molecule has 0 saturated carbocycles. The second-order valence-electron chi connectivity index (χ2n) is 7.22. The van der Waals surface area contributed by atoms with Crippen molar-refractivity contribution >= 4 is 12.0 Å². The molecule has 150 valence electrons. The molecule has 2 N–H and O–H groups in total. The van der Waals surface area contributed by atoms with E-state index in [-0.39, 0.29) is 6.04 Å². The number of carbonyl (C=O) groups is 2. The first-order chi connectivity index (χ1) is 12.2. The Hall–Kier alpha value is -1.51. The van der Waals surface area contributed by atoms with E-state index in [1.54, 1.807) is 0 Å². The number of unbranched alkanes of at least 4 members (excludes halogenated alkanes) is 1. The minimum atomic E-state index is -4.63. The van der Waals surface area contributed by atoms with Crippen molar-refractivity contribution in [2.75, 3.05) is 32.7 Å². The first-order valence-corrected chi connectivity index (χ1v) is 9.30. The largest absolute Gasteiger partial charge is 0.481 e. The fourth-order valence-corrected chi connectivity index (χ4v) is 3.82. The average Bonchev–Trinajstić information content (AvgIpc) is 3.04. The number of hydrogen-bond donors (Lipinski definition) is 2. The van der Waals surface area contributed by atoms with Crippen molar-refractivity contribution in [3.05, 3.63) is 0 Å². The lowest BCUT2D eigenvalue weighted by Crippen LogP contribution is -2.49. The second kappa shape index (κ2) is 8.92. The van der Waals surface area contributed by atoms with Crippen molar-refractivity contribution in [2.45, 2.75) is 51.2 Å². The third-order valence-electron chi connectivity index (χ3n) is 5.38. The van der Waals surface area contributed by atoms with Gasteiger partial charge in [-0.15, -0.1) is 0 Å². The first-order valence-electron chi connectivity index (χ1n) is 9.30. The van der Waals surface area contributed by atoms with E-state index in [9.17, 15) is 22.8 Å². The number of amides is 2. The summed E-state index contributed by atoms with van der Waals surface area (Å²) in [7, 11) is 0. The van der Waals surface area contributed by atoms with E-state index in [4.69, 9.17) is 5.11 Å². The zero-order chi connectivity index (χ0) is 19.3. The van der Waals surface area contributed by atoms with E-state index in [0.717, 1.165) is 50.1 Å². The molecule has 2 aliphatic heterocycles. The Labute approximate surface area is 151 Å². The molecule has 6 nitrogen and oxygen atoms in total. The fraction of sp³-hybridized carbons (Fsp3) is 0.882. The number of rotatable bonds is 6. The van der Waals surface area contributed by atoms with E-state index in [0.29, 0.717) is 6.54 Å². The Morgan fingerprint density at radius 3 is 2.54 bits per heavy atom. The molecule has 2 heterocycles. The van der Waals surface area contributed by atoms with Gasteiger partial charge in [-0.25, -0.2) is 4.79 Å². The van der Waals surface area contributed by atoms with Gasteiger partial charge >= 0.3 is 18.2 Å². The maximum absolute atomic E-state index is 13.0. The summed E-state index contributed by atoms with van der Waals surface area (Å²) in [6, 6.07) is -0.417. The van der Waals surface area contributed by atoms with E-state index < -0.39 is 43.1 Å². The van der Waals surface area contributed by atoms with E-state index in [1.807, 2.05) is 0 Å². The molecule has 0 radical (unpaired) electrons. The van der Waals surface area contributed by atoms with Gasteiger partial charge in [-0.2, -0.15) is 13.2 Å². The summed E-state index contributed by atoms with van der Waals surface area (Å²) in [6.07, 6.45) is 0.673. The summed E-state index contributed by atoms with van der Waals surface area (Å²) in [5.41, 5.74) is 0. The number of alkyl halides is 3. The number of nitrogens with one attached hydrogen (secondary N) is 1. The predicted molar refractivity (Wildman–Crippen MR) is 89.8 cm³/mol. The molecule has 9 heteroatoms. The van der Waals surface area contributed by atoms with Crippen molar-refractivity contribution in [3.8, 4) is 0 Å². The number of urea groups is 1. The van der Waals surface area contributed by atoms with Gasteiger partial charge in [0.1, 0.15) is 0 Å². The molecule has 2 aliphatic rings. The van der Waals surface area contributed by atoms with Crippen molar-refractivity contribution in [1.82, 2.24) is 15.1 Å². The van der Waals surface area contributed by atoms with Gasteiger partial charge in [-0.05, 0) is 32.4 Å². The van der Waals surface area contributed by atoms with Crippen LogP contribution in [0.4, 0.5) is 18.0 Å². The predicted octanol–water partition coefficient (Wildman–Crippen LogP) is 2.55. The van der Waals surface area contributed by atoms with Crippen LogP contribution in [0.3, 0.4) is 0 Å². The Morgan fingerprint density at radius 1 is 1.23 bits per heavy atom. The van der Waals surface area contributed by atoms with E-state index in [2.05, 4.69) is 17.1 Å². The molecule has 0 aliphatic carbocycles. The molecule has 2 amide bonds. The van der Waals surface area contributed by atoms with E-state index >= 15 is 0 Å². The summed E-state index contributed by atoms with van der Waals surface area (Å²) < 4.78 is 39.1. The van der Waals surface area contributed by atoms with E-state index in [1.165, 1.54) is 0 Å². The lowest BCUT2D eigenvalue weighted by Gasteiger charge is -2.36. The van der Waals surface area contributed by atoms with Gasteiger partial charge in [-0.3, -0.25) is 9.69 Å². The molecular formula is C17H28F3N3O3. The molecule has 0 spiro atoms. The number of hydrogen-bond acceptors (Lipinski definition) is 3. The number of carboxylic acid groups (broad SMARTS) is 1. The Kier molecular flexibility index (Phi) is 7.14. The van der Waals surface area contributed by atoms with Gasteiger partial charge in [0.05, 0.1) is 11.8 Å². The van der Waals surface area contributed by atoms with Gasteiger partial charge < -0.3 is 15.3 Å². The van der Waals surface area contributed by atoms with Crippen LogP contribution in [0, 0.1) is 11.8 Å². The van der Waals surface area contributed by atoms with Crippen LogP contribution in [0.15, 0.2) is 0 Å². The average molecular weight is 379 g/mol. The summed E-state index contributed by atoms with van der Waals surface area (Å²) in [4.78, 5) is 26.7. The smallest absolute Gasteiger partial charge is 0.394 e. The maximum Gasteiger partial charge on any atom is 0.394 e. The summed E-state index contributed by atoms with van der Waals surface area (Å²) in [5.74, 6) is -5.13. The van der Waals surface area contributed by atoms with Crippen LogP contribution < -0.4 is 5.32 Å². The number of nitrogens with zero attached hydrogens (tertiary/aromatic N) is 2. The Bertz CT molecular complexity index is 501. The minimum Gasteiger partial charge on any atom is -0.481 e. The molecule has 0 aromatic heterocycles. The zero-order valence-electron chi connectivity index (χ0n) is 15.1. The van der Waals surface area contributed by atoms with Gasteiger partial charge in [-0.1, -0.05) is 19.8 Å². The fourth-order valence-electron chi connectivity index (χ4n) is 3.82. The van der Waals surface area contributed by atoms with Crippen molar-refractivity contribution < 1.29 is 27.9 Å². The van der Waals surface area contributed by atoms with Crippen LogP contribution in [0.2, 0.25) is 0 Å². The molecule has 26 heavy (non-hydrogen) atoms. The molecular weight excluding hydrogens is 351 g/mol. The molecule has 3 atom stereocenters. The third-order valence-corrected chi connectivity index (χ3v) is 5.38. The number of piperidine rings is 1. The highest BCUT2D eigenvalue weighted by atomic mass is 19.4. The molecule has 2 rings (SSSR count). The second-order valence-corrected chi connectivity index (χ2v) is 7.22.